The number of rotatable bonds is 6. The van der Waals surface area contributed by atoms with Crippen LogP contribution in [0, 0.1) is 0 Å². The number of allylic oxidation sites excluding steroid dienone is 1. The lowest BCUT2D eigenvalue weighted by Gasteiger charge is -2.03. The zero-order valence-electron chi connectivity index (χ0n) is 9.23. The fraction of sp³-hybridized carbons (Fsp3) is 0.500. The highest BCUT2D eigenvalue weighted by Gasteiger charge is 2.11. The normalized spacial score (nSPS) is 12.4. The zero-order chi connectivity index (χ0) is 12.6. The Bertz CT molecular complexity index is 315. The molecule has 16 heavy (non-hydrogen) atoms. The van der Waals surface area contributed by atoms with E-state index in [4.69, 9.17) is 0 Å². The van der Waals surface area contributed by atoms with Gasteiger partial charge in [-0.1, -0.05) is 0 Å². The van der Waals surface area contributed by atoms with Gasteiger partial charge in [0.05, 0.1) is 6.61 Å². The Kier molecular flexibility index (Phi) is 6.58. The number of hydrogen-bond donors (Lipinski definition) is 1. The van der Waals surface area contributed by atoms with Gasteiger partial charge in [-0.2, -0.15) is 0 Å². The first kappa shape index (κ1) is 14.2. The van der Waals surface area contributed by atoms with Crippen molar-refractivity contribution >= 4 is 18.2 Å². The summed E-state index contributed by atoms with van der Waals surface area (Å²) in [5.74, 6) is -2.14. The molecule has 0 radical (unpaired) electrons. The quantitative estimate of drug-likeness (QED) is 0.288. The second-order valence-electron chi connectivity index (χ2n) is 2.88. The van der Waals surface area contributed by atoms with Crippen molar-refractivity contribution in [3.63, 3.8) is 0 Å². The van der Waals surface area contributed by atoms with Crippen LogP contribution in [0.2, 0.25) is 0 Å². The molecule has 0 rings (SSSR count). The number of carbonyl (C=O) groups is 2. The van der Waals surface area contributed by atoms with Crippen LogP contribution in [0.3, 0.4) is 0 Å². The lowest BCUT2D eigenvalue weighted by Crippen LogP contribution is -2.22. The third-order valence-corrected chi connectivity index (χ3v) is 1.55. The number of aliphatic imine (C=N–C) groups is 1. The number of esters is 1. The van der Waals surface area contributed by atoms with Crippen LogP contribution in [0.5, 0.6) is 0 Å². The number of aliphatic hydroxyl groups is 1. The monoisotopic (exact) mass is 228 g/mol. The van der Waals surface area contributed by atoms with E-state index >= 15 is 0 Å². The first-order valence-corrected chi connectivity index (χ1v) is 4.75. The van der Waals surface area contributed by atoms with Gasteiger partial charge in [-0.3, -0.25) is 4.99 Å². The lowest BCUT2D eigenvalue weighted by molar-refractivity contribution is -0.305. The molecule has 0 aromatic rings. The van der Waals surface area contributed by atoms with Crippen LogP contribution in [0.15, 0.2) is 16.3 Å². The third kappa shape index (κ3) is 5.79. The molecule has 0 spiro atoms. The molecule has 0 atom stereocenters. The summed E-state index contributed by atoms with van der Waals surface area (Å²) in [6.07, 6.45) is 0.855. The summed E-state index contributed by atoms with van der Waals surface area (Å²) in [4.78, 5) is 25.0. The molecule has 0 saturated carbocycles. The third-order valence-electron chi connectivity index (χ3n) is 1.55. The zero-order valence-corrected chi connectivity index (χ0v) is 9.23. The van der Waals surface area contributed by atoms with E-state index in [1.165, 1.54) is 6.92 Å². The number of carbonyl (C=O) groups excluding carboxylic acids is 2. The molecule has 1 N–H and O–H groups in total. The number of aliphatic hydroxyl groups excluding tert-OH is 1. The van der Waals surface area contributed by atoms with Crippen LogP contribution in [0.1, 0.15) is 20.3 Å². The van der Waals surface area contributed by atoms with Crippen LogP contribution in [-0.2, 0) is 14.3 Å². The molecule has 6 heteroatoms. The standard InChI is InChI=1S/C10H15NO5/c1-3-16-10(15)8(7(2)12)6-11-5-4-9(13)14/h6,12H,3-5H2,1-2H3,(H,13,14)/p-1/b8-7+,11-6?. The molecule has 0 unspecified atom stereocenters. The predicted molar refractivity (Wildman–Crippen MR) is 54.9 cm³/mol. The number of aliphatic carboxylic acids is 1. The fourth-order valence-corrected chi connectivity index (χ4v) is 0.814. The summed E-state index contributed by atoms with van der Waals surface area (Å²) in [5, 5.41) is 19.3. The van der Waals surface area contributed by atoms with Gasteiger partial charge in [-0.15, -0.1) is 0 Å². The van der Waals surface area contributed by atoms with Crippen molar-refractivity contribution in [1.29, 1.82) is 0 Å². The summed E-state index contributed by atoms with van der Waals surface area (Å²) < 4.78 is 4.67. The van der Waals surface area contributed by atoms with Crippen LogP contribution in [-0.4, -0.2) is 36.4 Å². The van der Waals surface area contributed by atoms with Crippen molar-refractivity contribution in [2.75, 3.05) is 13.2 Å². The minimum atomic E-state index is -1.22. The largest absolute Gasteiger partial charge is 0.550 e. The van der Waals surface area contributed by atoms with E-state index in [0.717, 1.165) is 6.21 Å². The maximum atomic E-state index is 11.3. The summed E-state index contributed by atoms with van der Waals surface area (Å²) in [6, 6.07) is 0. The molecule has 90 valence electrons. The van der Waals surface area contributed by atoms with Crippen LogP contribution in [0.4, 0.5) is 0 Å². The van der Waals surface area contributed by atoms with E-state index in [9.17, 15) is 19.8 Å². The Morgan fingerprint density at radius 3 is 2.56 bits per heavy atom. The molecule has 0 amide bonds. The van der Waals surface area contributed by atoms with Gasteiger partial charge in [0.15, 0.2) is 0 Å². The average Bonchev–Trinajstić information content (AvgIpc) is 2.16. The highest BCUT2D eigenvalue weighted by molar-refractivity contribution is 6.09. The van der Waals surface area contributed by atoms with Crippen molar-refractivity contribution in [2.24, 2.45) is 4.99 Å². The van der Waals surface area contributed by atoms with Crippen molar-refractivity contribution in [1.82, 2.24) is 0 Å². The van der Waals surface area contributed by atoms with Gasteiger partial charge in [0.25, 0.3) is 0 Å². The van der Waals surface area contributed by atoms with E-state index < -0.39 is 11.9 Å². The van der Waals surface area contributed by atoms with E-state index in [1.54, 1.807) is 6.92 Å². The SMILES string of the molecule is CCOC(=O)/C(C=NCCC(=O)[O-])=C(\C)O. The fourth-order valence-electron chi connectivity index (χ4n) is 0.814. The molecule has 0 aliphatic carbocycles. The maximum absolute atomic E-state index is 11.3. The second-order valence-corrected chi connectivity index (χ2v) is 2.88. The first-order chi connectivity index (χ1) is 7.49. The van der Waals surface area contributed by atoms with Gasteiger partial charge in [-0.25, -0.2) is 4.79 Å². The number of ether oxygens (including phenoxy) is 1. The Hall–Kier alpha value is -1.85. The molecular formula is C10H14NO5-. The van der Waals surface area contributed by atoms with Crippen molar-refractivity contribution < 1.29 is 24.5 Å². The second kappa shape index (κ2) is 7.44. The molecule has 0 aliphatic rings. The number of carboxylic acids is 1. The van der Waals surface area contributed by atoms with Crippen molar-refractivity contribution in [3.05, 3.63) is 11.3 Å². The Balaban J connectivity index is 4.42. The molecule has 0 heterocycles. The maximum Gasteiger partial charge on any atom is 0.343 e. The number of carboxylic acid groups (broad SMARTS) is 1. The van der Waals surface area contributed by atoms with E-state index in [-0.39, 0.29) is 30.9 Å². The number of nitrogens with zero attached hydrogens (tertiary/aromatic N) is 1. The molecule has 0 bridgehead atoms. The van der Waals surface area contributed by atoms with E-state index in [0.29, 0.717) is 0 Å². The molecule has 0 aromatic carbocycles. The van der Waals surface area contributed by atoms with Crippen molar-refractivity contribution in [2.45, 2.75) is 20.3 Å². The average molecular weight is 228 g/mol. The summed E-state index contributed by atoms with van der Waals surface area (Å²) >= 11 is 0. The number of hydrogen-bond acceptors (Lipinski definition) is 6. The minimum Gasteiger partial charge on any atom is -0.550 e. The predicted octanol–water partition coefficient (Wildman–Crippen LogP) is -0.408. The van der Waals surface area contributed by atoms with Crippen LogP contribution >= 0.6 is 0 Å². The lowest BCUT2D eigenvalue weighted by atomic mass is 10.2. The Morgan fingerprint density at radius 1 is 1.50 bits per heavy atom. The molecule has 0 fully saturated rings. The Morgan fingerprint density at radius 2 is 2.12 bits per heavy atom. The smallest absolute Gasteiger partial charge is 0.343 e. The molecule has 6 nitrogen and oxygen atoms in total. The van der Waals surface area contributed by atoms with Gasteiger partial charge < -0.3 is 19.7 Å². The summed E-state index contributed by atoms with van der Waals surface area (Å²) in [5.41, 5.74) is -0.0832. The van der Waals surface area contributed by atoms with Gasteiger partial charge in [-0.05, 0) is 13.8 Å². The van der Waals surface area contributed by atoms with E-state index in [2.05, 4.69) is 9.73 Å². The molecule has 0 aliphatic heterocycles. The molecular weight excluding hydrogens is 214 g/mol. The van der Waals surface area contributed by atoms with Gasteiger partial charge in [0, 0.05) is 25.1 Å². The minimum absolute atomic E-state index is 0.0154. The molecule has 0 aromatic heterocycles. The van der Waals surface area contributed by atoms with Crippen molar-refractivity contribution in [3.8, 4) is 0 Å². The van der Waals surface area contributed by atoms with Crippen LogP contribution in [0.25, 0.3) is 0 Å². The highest BCUT2D eigenvalue weighted by Crippen LogP contribution is 2.01. The summed E-state index contributed by atoms with van der Waals surface area (Å²) in [6.45, 7) is 3.12. The first-order valence-electron chi connectivity index (χ1n) is 4.75. The van der Waals surface area contributed by atoms with Gasteiger partial charge in [0.1, 0.15) is 11.3 Å². The Labute approximate surface area is 93.3 Å². The van der Waals surface area contributed by atoms with Crippen LogP contribution < -0.4 is 5.11 Å². The van der Waals surface area contributed by atoms with Gasteiger partial charge in [0.2, 0.25) is 0 Å². The summed E-state index contributed by atoms with van der Waals surface area (Å²) in [7, 11) is 0. The van der Waals surface area contributed by atoms with E-state index in [1.807, 2.05) is 0 Å². The molecule has 0 saturated heterocycles. The topological polar surface area (TPSA) is 99.0 Å². The highest BCUT2D eigenvalue weighted by atomic mass is 16.5. The van der Waals surface area contributed by atoms with Gasteiger partial charge >= 0.3 is 5.97 Å².